The maximum atomic E-state index is 12.0. The molecule has 1 saturated heterocycles. The number of hydrogen-bond acceptors (Lipinski definition) is 3. The summed E-state index contributed by atoms with van der Waals surface area (Å²) in [6.45, 7) is 2.62. The minimum absolute atomic E-state index is 0.0520. The molecule has 1 aliphatic rings. The number of rotatable bonds is 2. The Morgan fingerprint density at radius 1 is 1.35 bits per heavy atom. The molecular formula is C12H14N2O3. The molecule has 1 amide bonds. The van der Waals surface area contributed by atoms with Crippen LogP contribution in [-0.2, 0) is 10.2 Å². The first-order valence-corrected chi connectivity index (χ1v) is 5.45. The molecule has 0 unspecified atom stereocenters. The lowest BCUT2D eigenvalue weighted by atomic mass is 9.81. The second-order valence-corrected chi connectivity index (χ2v) is 4.61. The van der Waals surface area contributed by atoms with Gasteiger partial charge >= 0.3 is 0 Å². The lowest BCUT2D eigenvalue weighted by Gasteiger charge is -2.22. The Morgan fingerprint density at radius 2 is 1.94 bits per heavy atom. The number of non-ortho nitro benzene ring substituents is 1. The zero-order valence-electron chi connectivity index (χ0n) is 9.84. The highest BCUT2D eigenvalue weighted by atomic mass is 16.6. The second kappa shape index (κ2) is 3.84. The first-order valence-electron chi connectivity index (χ1n) is 5.45. The van der Waals surface area contributed by atoms with E-state index in [1.165, 1.54) is 12.1 Å². The molecule has 5 nitrogen and oxygen atoms in total. The Kier molecular flexibility index (Phi) is 2.61. The van der Waals surface area contributed by atoms with Crippen molar-refractivity contribution in [2.75, 3.05) is 13.6 Å². The molecule has 90 valence electrons. The average molecular weight is 234 g/mol. The number of amides is 1. The molecule has 0 spiro atoms. The van der Waals surface area contributed by atoms with Crippen LogP contribution in [0.4, 0.5) is 5.69 Å². The van der Waals surface area contributed by atoms with Crippen LogP contribution in [0.15, 0.2) is 24.3 Å². The van der Waals surface area contributed by atoms with Crippen LogP contribution in [0.5, 0.6) is 0 Å². The third kappa shape index (κ3) is 1.77. The highest BCUT2D eigenvalue weighted by molar-refractivity contribution is 5.89. The third-order valence-corrected chi connectivity index (χ3v) is 3.48. The quantitative estimate of drug-likeness (QED) is 0.578. The normalized spacial score (nSPS) is 24.1. The van der Waals surface area contributed by atoms with Gasteiger partial charge in [-0.05, 0) is 18.9 Å². The van der Waals surface area contributed by atoms with E-state index >= 15 is 0 Å². The van der Waals surface area contributed by atoms with Gasteiger partial charge in [-0.15, -0.1) is 0 Å². The minimum Gasteiger partial charge on any atom is -0.345 e. The summed E-state index contributed by atoms with van der Waals surface area (Å²) in [7, 11) is 1.78. The van der Waals surface area contributed by atoms with Crippen molar-refractivity contribution in [1.82, 2.24) is 4.90 Å². The number of nitrogens with zero attached hydrogens (tertiary/aromatic N) is 2. The molecule has 1 heterocycles. The highest BCUT2D eigenvalue weighted by Gasteiger charge is 2.42. The lowest BCUT2D eigenvalue weighted by Crippen LogP contribution is -2.33. The summed E-state index contributed by atoms with van der Waals surface area (Å²) in [5, 5.41) is 10.6. The van der Waals surface area contributed by atoms with Crippen molar-refractivity contribution in [2.45, 2.75) is 18.8 Å². The van der Waals surface area contributed by atoms with E-state index < -0.39 is 10.3 Å². The van der Waals surface area contributed by atoms with E-state index in [9.17, 15) is 14.9 Å². The molecule has 1 aromatic rings. The Morgan fingerprint density at radius 3 is 2.35 bits per heavy atom. The van der Waals surface area contributed by atoms with Crippen molar-refractivity contribution in [3.63, 3.8) is 0 Å². The predicted octanol–water partition coefficient (Wildman–Crippen LogP) is 1.71. The molecule has 0 aliphatic carbocycles. The molecule has 0 N–H and O–H groups in total. The molecule has 0 radical (unpaired) electrons. The van der Waals surface area contributed by atoms with E-state index in [-0.39, 0.29) is 11.6 Å². The lowest BCUT2D eigenvalue weighted by molar-refractivity contribution is -0.384. The topological polar surface area (TPSA) is 63.4 Å². The summed E-state index contributed by atoms with van der Waals surface area (Å²) < 4.78 is 0. The molecule has 1 aromatic carbocycles. The first kappa shape index (κ1) is 11.6. The summed E-state index contributed by atoms with van der Waals surface area (Å²) in [6.07, 6.45) is 0.750. The van der Waals surface area contributed by atoms with Gasteiger partial charge in [-0.25, -0.2) is 0 Å². The number of carbonyl (C=O) groups excluding carboxylic acids is 1. The fourth-order valence-corrected chi connectivity index (χ4v) is 2.24. The SMILES string of the molecule is CN1CC[C@](C)(c2ccc([N+](=O)[O-])cc2)C1=O. The Bertz CT molecular complexity index is 469. The number of likely N-dealkylation sites (tertiary alicyclic amines) is 1. The van der Waals surface area contributed by atoms with Crippen LogP contribution in [0.2, 0.25) is 0 Å². The van der Waals surface area contributed by atoms with Crippen molar-refractivity contribution >= 4 is 11.6 Å². The van der Waals surface area contributed by atoms with Crippen molar-refractivity contribution in [2.24, 2.45) is 0 Å². The van der Waals surface area contributed by atoms with Crippen LogP contribution < -0.4 is 0 Å². The van der Waals surface area contributed by atoms with Gasteiger partial charge in [0.2, 0.25) is 5.91 Å². The number of likely N-dealkylation sites (N-methyl/N-ethyl adjacent to an activating group) is 1. The van der Waals surface area contributed by atoms with Crippen LogP contribution in [-0.4, -0.2) is 29.3 Å². The molecule has 0 saturated carbocycles. The van der Waals surface area contributed by atoms with Crippen LogP contribution in [0.25, 0.3) is 0 Å². The van der Waals surface area contributed by atoms with Crippen molar-refractivity contribution < 1.29 is 9.72 Å². The average Bonchev–Trinajstić information content (AvgIpc) is 2.59. The number of hydrogen-bond donors (Lipinski definition) is 0. The second-order valence-electron chi connectivity index (χ2n) is 4.61. The van der Waals surface area contributed by atoms with E-state index in [0.29, 0.717) is 0 Å². The van der Waals surface area contributed by atoms with Gasteiger partial charge in [-0.3, -0.25) is 14.9 Å². The van der Waals surface area contributed by atoms with Crippen LogP contribution >= 0.6 is 0 Å². The highest BCUT2D eigenvalue weighted by Crippen LogP contribution is 2.35. The largest absolute Gasteiger partial charge is 0.345 e. The van der Waals surface area contributed by atoms with Gasteiger partial charge in [-0.2, -0.15) is 0 Å². The smallest absolute Gasteiger partial charge is 0.269 e. The summed E-state index contributed by atoms with van der Waals surface area (Å²) in [5.41, 5.74) is 0.359. The molecule has 5 heteroatoms. The van der Waals surface area contributed by atoms with Crippen LogP contribution in [0.1, 0.15) is 18.9 Å². The zero-order chi connectivity index (χ0) is 12.6. The summed E-state index contributed by atoms with van der Waals surface area (Å²) in [5.74, 6) is 0.0753. The van der Waals surface area contributed by atoms with E-state index in [4.69, 9.17) is 0 Å². The van der Waals surface area contributed by atoms with E-state index in [0.717, 1.165) is 18.5 Å². The van der Waals surface area contributed by atoms with Crippen LogP contribution in [0.3, 0.4) is 0 Å². The van der Waals surface area contributed by atoms with E-state index in [1.807, 2.05) is 6.92 Å². The number of benzene rings is 1. The third-order valence-electron chi connectivity index (χ3n) is 3.48. The van der Waals surface area contributed by atoms with Gasteiger partial charge in [0.25, 0.3) is 5.69 Å². The van der Waals surface area contributed by atoms with Crippen LogP contribution in [0, 0.1) is 10.1 Å². The summed E-state index contributed by atoms with van der Waals surface area (Å²) >= 11 is 0. The first-order chi connectivity index (χ1) is 7.95. The molecule has 2 rings (SSSR count). The standard InChI is InChI=1S/C12H14N2O3/c1-12(7-8-13(2)11(12)15)9-3-5-10(6-4-9)14(16)17/h3-6H,7-8H2,1-2H3/t12-/m1/s1. The summed E-state index contributed by atoms with van der Waals surface area (Å²) in [4.78, 5) is 23.9. The molecular weight excluding hydrogens is 220 g/mol. The molecule has 1 fully saturated rings. The van der Waals surface area contributed by atoms with Gasteiger partial charge in [0.05, 0.1) is 10.3 Å². The van der Waals surface area contributed by atoms with Gasteiger partial charge in [-0.1, -0.05) is 12.1 Å². The molecule has 17 heavy (non-hydrogen) atoms. The predicted molar refractivity (Wildman–Crippen MR) is 62.7 cm³/mol. The van der Waals surface area contributed by atoms with Crippen molar-refractivity contribution in [3.05, 3.63) is 39.9 Å². The Labute approximate surface area is 99.2 Å². The molecule has 1 aliphatic heterocycles. The van der Waals surface area contributed by atoms with Gasteiger partial charge in [0.15, 0.2) is 0 Å². The zero-order valence-corrected chi connectivity index (χ0v) is 9.84. The van der Waals surface area contributed by atoms with Crippen molar-refractivity contribution in [1.29, 1.82) is 0 Å². The summed E-state index contributed by atoms with van der Waals surface area (Å²) in [6, 6.07) is 6.25. The maximum absolute atomic E-state index is 12.0. The minimum atomic E-state index is -0.538. The molecule has 0 aromatic heterocycles. The fraction of sp³-hybridized carbons (Fsp3) is 0.417. The number of nitro benzene ring substituents is 1. The maximum Gasteiger partial charge on any atom is 0.269 e. The monoisotopic (exact) mass is 234 g/mol. The van der Waals surface area contributed by atoms with Crippen molar-refractivity contribution in [3.8, 4) is 0 Å². The van der Waals surface area contributed by atoms with E-state index in [1.54, 1.807) is 24.1 Å². The number of nitro groups is 1. The van der Waals surface area contributed by atoms with Gasteiger partial charge in [0, 0.05) is 25.7 Å². The fourth-order valence-electron chi connectivity index (χ4n) is 2.24. The van der Waals surface area contributed by atoms with Gasteiger partial charge < -0.3 is 4.90 Å². The molecule has 0 bridgehead atoms. The number of carbonyl (C=O) groups is 1. The Balaban J connectivity index is 2.35. The van der Waals surface area contributed by atoms with Gasteiger partial charge in [0.1, 0.15) is 0 Å². The Hall–Kier alpha value is -1.91. The van der Waals surface area contributed by atoms with E-state index in [2.05, 4.69) is 0 Å². The molecule has 1 atom stereocenters.